The van der Waals surface area contributed by atoms with E-state index in [2.05, 4.69) is 38.9 Å². The van der Waals surface area contributed by atoms with Crippen LogP contribution in [0.25, 0.3) is 22.6 Å². The number of hydrogen-bond donors (Lipinski definition) is 2. The third-order valence-corrected chi connectivity index (χ3v) is 6.40. The Morgan fingerprint density at radius 1 is 1.21 bits per heavy atom. The number of anilines is 2. The van der Waals surface area contributed by atoms with Crippen molar-refractivity contribution >= 4 is 40.2 Å². The van der Waals surface area contributed by atoms with Crippen molar-refractivity contribution < 1.29 is 9.90 Å². The predicted octanol–water partition coefficient (Wildman–Crippen LogP) is 3.54. The second kappa shape index (κ2) is 8.75. The number of benzene rings is 2. The first-order valence-corrected chi connectivity index (χ1v) is 11.3. The Labute approximate surface area is 197 Å². The maximum absolute atomic E-state index is 11.7. The molecule has 2 N–H and O–H groups in total. The second-order valence-corrected chi connectivity index (χ2v) is 8.65. The highest BCUT2D eigenvalue weighted by atomic mass is 16.4. The molecule has 1 fully saturated rings. The fraction of sp³-hybridized carbons (Fsp3) is 0.280. The molecule has 1 unspecified atom stereocenters. The number of carbonyl (C=O) groups is 1. The number of carboxylic acid groups (broad SMARTS) is 1. The SMILES string of the molecule is C=Cc1cc(C(C)Nc2ccccc2C(=O)O)c2nc(N3CCN(C)CC3)n3cnnc3c2c1. The molecule has 9 heteroatoms. The first kappa shape index (κ1) is 21.8. The minimum absolute atomic E-state index is 0.221. The maximum atomic E-state index is 11.7. The van der Waals surface area contributed by atoms with E-state index < -0.39 is 5.97 Å². The van der Waals surface area contributed by atoms with Crippen LogP contribution >= 0.6 is 0 Å². The zero-order valence-electron chi connectivity index (χ0n) is 19.3. The zero-order chi connectivity index (χ0) is 23.8. The summed E-state index contributed by atoms with van der Waals surface area (Å²) in [5, 5.41) is 22.5. The highest BCUT2D eigenvalue weighted by Gasteiger charge is 2.23. The van der Waals surface area contributed by atoms with Gasteiger partial charge in [-0.25, -0.2) is 9.78 Å². The fourth-order valence-corrected chi connectivity index (χ4v) is 4.48. The first-order chi connectivity index (χ1) is 16.5. The minimum Gasteiger partial charge on any atom is -0.478 e. The molecule has 1 saturated heterocycles. The lowest BCUT2D eigenvalue weighted by Crippen LogP contribution is -2.45. The molecule has 1 atom stereocenters. The van der Waals surface area contributed by atoms with Gasteiger partial charge in [-0.2, -0.15) is 0 Å². The quantitative estimate of drug-likeness (QED) is 0.454. The molecule has 2 aromatic heterocycles. The van der Waals surface area contributed by atoms with Crippen LogP contribution in [0.15, 0.2) is 49.3 Å². The van der Waals surface area contributed by atoms with Crippen molar-refractivity contribution in [2.75, 3.05) is 43.4 Å². The van der Waals surface area contributed by atoms with Crippen molar-refractivity contribution in [3.8, 4) is 0 Å². The van der Waals surface area contributed by atoms with Crippen molar-refractivity contribution in [1.29, 1.82) is 0 Å². The first-order valence-electron chi connectivity index (χ1n) is 11.3. The van der Waals surface area contributed by atoms with Gasteiger partial charge in [-0.05, 0) is 43.8 Å². The molecule has 0 spiro atoms. The van der Waals surface area contributed by atoms with Gasteiger partial charge in [0.15, 0.2) is 5.65 Å². The molecular formula is C25H27N7O2. The van der Waals surface area contributed by atoms with Gasteiger partial charge in [-0.15, -0.1) is 10.2 Å². The number of fused-ring (bicyclic) bond motifs is 3. The standard InChI is InChI=1S/C25H27N7O2/c1-4-17-13-19(16(2)27-21-8-6-5-7-18(21)24(33)34)22-20(14-17)23-29-26-15-32(23)25(28-22)31-11-9-30(3)10-12-31/h4-8,13-16,27H,1,9-12H2,2-3H3,(H,33,34). The summed E-state index contributed by atoms with van der Waals surface area (Å²) in [5.41, 5.74) is 4.21. The summed E-state index contributed by atoms with van der Waals surface area (Å²) in [6.45, 7) is 9.59. The predicted molar refractivity (Wildman–Crippen MR) is 134 cm³/mol. The van der Waals surface area contributed by atoms with Crippen molar-refractivity contribution in [1.82, 2.24) is 24.5 Å². The lowest BCUT2D eigenvalue weighted by Gasteiger charge is -2.33. The Morgan fingerprint density at radius 3 is 2.71 bits per heavy atom. The van der Waals surface area contributed by atoms with Gasteiger partial charge in [0.25, 0.3) is 0 Å². The van der Waals surface area contributed by atoms with Crippen LogP contribution < -0.4 is 10.2 Å². The number of piperazine rings is 1. The second-order valence-electron chi connectivity index (χ2n) is 8.65. The molecule has 9 nitrogen and oxygen atoms in total. The van der Waals surface area contributed by atoms with Crippen LogP contribution in [0.5, 0.6) is 0 Å². The number of para-hydroxylation sites is 1. The zero-order valence-corrected chi connectivity index (χ0v) is 19.3. The number of nitrogens with zero attached hydrogens (tertiary/aromatic N) is 6. The largest absolute Gasteiger partial charge is 0.478 e. The smallest absolute Gasteiger partial charge is 0.337 e. The molecule has 3 heterocycles. The van der Waals surface area contributed by atoms with Gasteiger partial charge >= 0.3 is 5.97 Å². The number of aromatic nitrogens is 4. The van der Waals surface area contributed by atoms with Crippen molar-refractivity contribution in [2.45, 2.75) is 13.0 Å². The average molecular weight is 458 g/mol. The van der Waals surface area contributed by atoms with Gasteiger partial charge in [0, 0.05) is 42.8 Å². The van der Waals surface area contributed by atoms with E-state index in [0.29, 0.717) is 5.69 Å². The average Bonchev–Trinajstić information content (AvgIpc) is 3.34. The van der Waals surface area contributed by atoms with E-state index in [1.165, 1.54) is 0 Å². The molecule has 1 aliphatic rings. The van der Waals surface area contributed by atoms with Crippen LogP contribution in [0.3, 0.4) is 0 Å². The van der Waals surface area contributed by atoms with Gasteiger partial charge in [-0.3, -0.25) is 4.40 Å². The number of carboxylic acids is 1. The summed E-state index contributed by atoms with van der Waals surface area (Å²) in [6, 6.07) is 10.8. The van der Waals surface area contributed by atoms with Gasteiger partial charge in [0.05, 0.1) is 17.1 Å². The highest BCUT2D eigenvalue weighted by Crippen LogP contribution is 2.32. The molecule has 0 bridgehead atoms. The number of rotatable bonds is 6. The lowest BCUT2D eigenvalue weighted by atomic mass is 9.99. The summed E-state index contributed by atoms with van der Waals surface area (Å²) in [7, 11) is 2.12. The van der Waals surface area contributed by atoms with Crippen molar-refractivity contribution in [3.63, 3.8) is 0 Å². The molecule has 0 aliphatic carbocycles. The third-order valence-electron chi connectivity index (χ3n) is 6.40. The van der Waals surface area contributed by atoms with Gasteiger partial charge in [0.1, 0.15) is 6.33 Å². The molecule has 1 aliphatic heterocycles. The normalized spacial score (nSPS) is 15.5. The van der Waals surface area contributed by atoms with E-state index in [0.717, 1.165) is 59.8 Å². The molecule has 5 rings (SSSR count). The number of aromatic carboxylic acids is 1. The Balaban J connectivity index is 1.66. The molecular weight excluding hydrogens is 430 g/mol. The number of nitrogens with one attached hydrogen (secondary N) is 1. The lowest BCUT2D eigenvalue weighted by molar-refractivity contribution is 0.0698. The maximum Gasteiger partial charge on any atom is 0.337 e. The van der Waals surface area contributed by atoms with Crippen LogP contribution in [-0.2, 0) is 0 Å². The van der Waals surface area contributed by atoms with Gasteiger partial charge in [-0.1, -0.05) is 24.8 Å². The summed E-state index contributed by atoms with van der Waals surface area (Å²) >= 11 is 0. The molecule has 0 saturated carbocycles. The fourth-order valence-electron chi connectivity index (χ4n) is 4.48. The topological polar surface area (TPSA) is 98.9 Å². The van der Waals surface area contributed by atoms with Crippen molar-refractivity contribution in [2.24, 2.45) is 0 Å². The molecule has 0 radical (unpaired) electrons. The summed E-state index contributed by atoms with van der Waals surface area (Å²) in [6.07, 6.45) is 3.50. The third kappa shape index (κ3) is 3.84. The molecule has 0 amide bonds. The number of likely N-dealkylation sites (N-methyl/N-ethyl adjacent to an activating group) is 1. The van der Waals surface area contributed by atoms with Crippen molar-refractivity contribution in [3.05, 3.63) is 66.0 Å². The Morgan fingerprint density at radius 2 is 1.97 bits per heavy atom. The van der Waals surface area contributed by atoms with Crippen LogP contribution in [-0.4, -0.2) is 68.8 Å². The molecule has 4 aromatic rings. The summed E-state index contributed by atoms with van der Waals surface area (Å²) in [4.78, 5) is 21.4. The number of hydrogen-bond acceptors (Lipinski definition) is 7. The van der Waals surface area contributed by atoms with Crippen LogP contribution in [0, 0.1) is 0 Å². The summed E-state index contributed by atoms with van der Waals surface area (Å²) in [5.74, 6) is -0.160. The van der Waals surface area contributed by atoms with E-state index in [9.17, 15) is 9.90 Å². The van der Waals surface area contributed by atoms with E-state index in [4.69, 9.17) is 4.98 Å². The highest BCUT2D eigenvalue weighted by molar-refractivity contribution is 5.97. The molecule has 174 valence electrons. The van der Waals surface area contributed by atoms with Crippen LogP contribution in [0.2, 0.25) is 0 Å². The van der Waals surface area contributed by atoms with Gasteiger partial charge in [0.2, 0.25) is 5.95 Å². The van der Waals surface area contributed by atoms with E-state index in [-0.39, 0.29) is 11.6 Å². The Kier molecular flexibility index (Phi) is 5.62. The molecule has 2 aromatic carbocycles. The van der Waals surface area contributed by atoms with Crippen LogP contribution in [0.4, 0.5) is 11.6 Å². The Bertz CT molecular complexity index is 1390. The monoisotopic (exact) mass is 457 g/mol. The van der Waals surface area contributed by atoms with E-state index in [1.807, 2.05) is 29.5 Å². The summed E-state index contributed by atoms with van der Waals surface area (Å²) < 4.78 is 1.95. The Hall–Kier alpha value is -3.98. The molecule has 34 heavy (non-hydrogen) atoms. The van der Waals surface area contributed by atoms with Crippen LogP contribution in [0.1, 0.15) is 34.5 Å². The van der Waals surface area contributed by atoms with E-state index in [1.54, 1.807) is 30.6 Å². The minimum atomic E-state index is -0.972. The van der Waals surface area contributed by atoms with E-state index >= 15 is 0 Å². The van der Waals surface area contributed by atoms with Gasteiger partial charge < -0.3 is 20.2 Å².